The number of esters is 1. The summed E-state index contributed by atoms with van der Waals surface area (Å²) in [6, 6.07) is 12.0. The van der Waals surface area contributed by atoms with Gasteiger partial charge in [-0.25, -0.2) is 9.78 Å². The summed E-state index contributed by atoms with van der Waals surface area (Å²) < 4.78 is 6.67. The highest BCUT2D eigenvalue weighted by molar-refractivity contribution is 5.93. The highest BCUT2D eigenvalue weighted by Gasteiger charge is 2.21. The Labute approximate surface area is 194 Å². The number of nitrogens with zero attached hydrogens (tertiary/aromatic N) is 6. The fourth-order valence-corrected chi connectivity index (χ4v) is 4.13. The number of carbonyl (C=O) groups is 1. The van der Waals surface area contributed by atoms with E-state index in [2.05, 4.69) is 26.8 Å². The summed E-state index contributed by atoms with van der Waals surface area (Å²) in [4.78, 5) is 25.8. The molecular formula is C25H30N6O2. The van der Waals surface area contributed by atoms with Crippen LogP contribution in [-0.2, 0) is 18.3 Å². The van der Waals surface area contributed by atoms with Crippen molar-refractivity contribution < 1.29 is 9.53 Å². The third kappa shape index (κ3) is 5.22. The van der Waals surface area contributed by atoms with Crippen molar-refractivity contribution in [2.75, 3.05) is 30.5 Å². The number of aryl methyl sites for hydroxylation is 1. The minimum Gasteiger partial charge on any atom is -0.465 e. The lowest BCUT2D eigenvalue weighted by molar-refractivity contribution is 0.0601. The van der Waals surface area contributed by atoms with E-state index in [1.165, 1.54) is 20.0 Å². The molecule has 1 atom stereocenters. The molecule has 8 nitrogen and oxygen atoms in total. The van der Waals surface area contributed by atoms with Crippen molar-refractivity contribution in [3.63, 3.8) is 0 Å². The van der Waals surface area contributed by atoms with Crippen LogP contribution in [0.15, 0.2) is 53.8 Å². The van der Waals surface area contributed by atoms with Gasteiger partial charge >= 0.3 is 5.97 Å². The first kappa shape index (κ1) is 22.5. The molecule has 172 valence electrons. The molecule has 1 aromatic carbocycles. The van der Waals surface area contributed by atoms with Crippen molar-refractivity contribution in [1.29, 1.82) is 0 Å². The first-order valence-electron chi connectivity index (χ1n) is 11.1. The van der Waals surface area contributed by atoms with E-state index in [1.54, 1.807) is 23.0 Å². The summed E-state index contributed by atoms with van der Waals surface area (Å²) in [6.45, 7) is 3.90. The van der Waals surface area contributed by atoms with Crippen LogP contribution >= 0.6 is 0 Å². The van der Waals surface area contributed by atoms with Gasteiger partial charge in [-0.1, -0.05) is 0 Å². The second-order valence-electron chi connectivity index (χ2n) is 8.42. The van der Waals surface area contributed by atoms with Crippen LogP contribution in [0.3, 0.4) is 0 Å². The molecule has 8 heteroatoms. The molecule has 0 saturated carbocycles. The van der Waals surface area contributed by atoms with Crippen LogP contribution in [0, 0.1) is 0 Å². The highest BCUT2D eigenvalue weighted by atomic mass is 16.5. The minimum atomic E-state index is -0.392. The van der Waals surface area contributed by atoms with Gasteiger partial charge in [0.05, 0.1) is 36.3 Å². The zero-order valence-electron chi connectivity index (χ0n) is 19.6. The van der Waals surface area contributed by atoms with E-state index in [1.807, 2.05) is 50.8 Å². The Morgan fingerprint density at radius 3 is 2.79 bits per heavy atom. The summed E-state index contributed by atoms with van der Waals surface area (Å²) in [6.07, 6.45) is 7.94. The summed E-state index contributed by atoms with van der Waals surface area (Å²) in [5.74, 6) is 0.608. The average molecular weight is 447 g/mol. The number of carbonyl (C=O) groups excluding carboxylic acids is 1. The van der Waals surface area contributed by atoms with Crippen molar-refractivity contribution in [2.45, 2.75) is 32.4 Å². The maximum atomic E-state index is 12.1. The van der Waals surface area contributed by atoms with Gasteiger partial charge in [-0.2, -0.15) is 5.10 Å². The van der Waals surface area contributed by atoms with Gasteiger partial charge in [0.25, 0.3) is 0 Å². The second kappa shape index (κ2) is 9.85. The molecule has 3 heterocycles. The molecule has 0 aliphatic carbocycles. The number of methoxy groups -OCH3 is 1. The summed E-state index contributed by atoms with van der Waals surface area (Å²) in [5.41, 5.74) is 3.86. The maximum absolute atomic E-state index is 12.1. The van der Waals surface area contributed by atoms with E-state index in [-0.39, 0.29) is 0 Å². The zero-order valence-corrected chi connectivity index (χ0v) is 19.6. The molecule has 1 fully saturated rings. The van der Waals surface area contributed by atoms with Gasteiger partial charge < -0.3 is 14.5 Å². The largest absolute Gasteiger partial charge is 0.465 e. The van der Waals surface area contributed by atoms with Gasteiger partial charge in [-0.05, 0) is 56.2 Å². The molecule has 1 aliphatic heterocycles. The Hall–Kier alpha value is -3.68. The van der Waals surface area contributed by atoms with E-state index >= 15 is 0 Å². The van der Waals surface area contributed by atoms with Crippen LogP contribution in [0.2, 0.25) is 0 Å². The predicted molar refractivity (Wildman–Crippen MR) is 131 cm³/mol. The zero-order chi connectivity index (χ0) is 23.4. The van der Waals surface area contributed by atoms with Crippen molar-refractivity contribution in [3.8, 4) is 0 Å². The molecular weight excluding hydrogens is 416 g/mol. The number of aromatic nitrogens is 3. The van der Waals surface area contributed by atoms with Gasteiger partial charge in [-0.15, -0.1) is 0 Å². The quantitative estimate of drug-likeness (QED) is 0.404. The van der Waals surface area contributed by atoms with Crippen molar-refractivity contribution in [3.05, 3.63) is 65.6 Å². The molecule has 33 heavy (non-hydrogen) atoms. The van der Waals surface area contributed by atoms with E-state index < -0.39 is 5.97 Å². The van der Waals surface area contributed by atoms with Crippen LogP contribution in [0.5, 0.6) is 0 Å². The van der Waals surface area contributed by atoms with Crippen molar-refractivity contribution in [1.82, 2.24) is 14.8 Å². The molecule has 4 rings (SSSR count). The third-order valence-electron chi connectivity index (χ3n) is 5.95. The van der Waals surface area contributed by atoms with E-state index in [0.29, 0.717) is 23.8 Å². The lowest BCUT2D eigenvalue weighted by Crippen LogP contribution is -2.27. The lowest BCUT2D eigenvalue weighted by atomic mass is 10.1. The average Bonchev–Trinajstić information content (AvgIpc) is 3.44. The number of benzene rings is 1. The van der Waals surface area contributed by atoms with Crippen molar-refractivity contribution in [2.24, 2.45) is 12.0 Å². The maximum Gasteiger partial charge on any atom is 0.337 e. The van der Waals surface area contributed by atoms with Gasteiger partial charge in [0.15, 0.2) is 0 Å². The monoisotopic (exact) mass is 446 g/mol. The smallest absolute Gasteiger partial charge is 0.337 e. The summed E-state index contributed by atoms with van der Waals surface area (Å²) >= 11 is 0. The van der Waals surface area contributed by atoms with Crippen LogP contribution < -0.4 is 9.80 Å². The molecule has 2 aromatic heterocycles. The molecule has 1 unspecified atom stereocenters. The van der Waals surface area contributed by atoms with Gasteiger partial charge in [-0.3, -0.25) is 9.67 Å². The molecule has 0 bridgehead atoms. The van der Waals surface area contributed by atoms with Crippen LogP contribution in [-0.4, -0.2) is 53.7 Å². The number of pyridine rings is 1. The lowest BCUT2D eigenvalue weighted by Gasteiger charge is -2.22. The molecule has 0 spiro atoms. The molecule has 1 aliphatic rings. The normalized spacial score (nSPS) is 15.9. The molecule has 0 amide bonds. The summed E-state index contributed by atoms with van der Waals surface area (Å²) in [5, 5.41) is 4.45. The van der Waals surface area contributed by atoms with Crippen LogP contribution in [0.1, 0.15) is 41.4 Å². The Balaban J connectivity index is 1.58. The number of hydrogen-bond acceptors (Lipinski definition) is 7. The topological polar surface area (TPSA) is 75.8 Å². The summed E-state index contributed by atoms with van der Waals surface area (Å²) in [7, 11) is 5.25. The molecule has 0 N–H and O–H groups in total. The first-order chi connectivity index (χ1) is 15.9. The molecule has 1 saturated heterocycles. The Bertz CT molecular complexity index is 1140. The number of rotatable bonds is 7. The van der Waals surface area contributed by atoms with Crippen LogP contribution in [0.4, 0.5) is 17.2 Å². The van der Waals surface area contributed by atoms with E-state index in [4.69, 9.17) is 9.73 Å². The van der Waals surface area contributed by atoms with Gasteiger partial charge in [0, 0.05) is 50.9 Å². The van der Waals surface area contributed by atoms with Crippen LogP contribution in [0.25, 0.3) is 0 Å². The van der Waals surface area contributed by atoms with E-state index in [9.17, 15) is 4.79 Å². The number of hydrogen-bond donors (Lipinski definition) is 0. The fourth-order valence-electron chi connectivity index (χ4n) is 4.13. The minimum absolute atomic E-state index is 0.392. The SMILES string of the molecule is COC(=O)c1ccc(N(C)Cc2ccn(C)n2)c(/N=C/c2ccc(N3CCCC3C)nc2)c1. The molecule has 3 aromatic rings. The number of anilines is 2. The van der Waals surface area contributed by atoms with Gasteiger partial charge in [0.1, 0.15) is 5.82 Å². The number of ether oxygens (including phenoxy) is 1. The van der Waals surface area contributed by atoms with Gasteiger partial charge in [0.2, 0.25) is 0 Å². The fraction of sp³-hybridized carbons (Fsp3) is 0.360. The van der Waals surface area contributed by atoms with Crippen molar-refractivity contribution >= 4 is 29.4 Å². The first-order valence-corrected chi connectivity index (χ1v) is 11.1. The highest BCUT2D eigenvalue weighted by Crippen LogP contribution is 2.30. The Morgan fingerprint density at radius 1 is 1.30 bits per heavy atom. The Kier molecular flexibility index (Phi) is 6.72. The second-order valence-corrected chi connectivity index (χ2v) is 8.42. The third-order valence-corrected chi connectivity index (χ3v) is 5.95. The number of aliphatic imine (C=N–C) groups is 1. The Morgan fingerprint density at radius 2 is 2.15 bits per heavy atom. The standard InChI is InChI=1S/C25H30N6O2/c1-18-6-5-12-31(18)24-10-7-19(16-27-24)15-26-22-14-20(25(32)33-4)8-9-23(22)29(2)17-21-11-13-30(3)28-21/h7-11,13-16,18H,5-6,12,17H2,1-4H3/b26-15+. The van der Waals surface area contributed by atoms with E-state index in [0.717, 1.165) is 29.3 Å². The predicted octanol–water partition coefficient (Wildman–Crippen LogP) is 3.98. The molecule has 0 radical (unpaired) electrons.